The van der Waals surface area contributed by atoms with Crippen LogP contribution in [0, 0.1) is 23.8 Å². The molecule has 0 saturated heterocycles. The Hall–Kier alpha value is 0.123. The van der Waals surface area contributed by atoms with E-state index >= 15 is 0 Å². The summed E-state index contributed by atoms with van der Waals surface area (Å²) in [6.07, 6.45) is 8.68. The van der Waals surface area contributed by atoms with Crippen molar-refractivity contribution < 1.29 is 21.1 Å². The molecule has 0 spiro atoms. The second kappa shape index (κ2) is 6.09. The summed E-state index contributed by atoms with van der Waals surface area (Å²) in [7, 11) is 1.80. The van der Waals surface area contributed by atoms with Crippen molar-refractivity contribution in [2.45, 2.75) is 43.9 Å². The van der Waals surface area contributed by atoms with Gasteiger partial charge in [-0.3, -0.25) is 0 Å². The average molecular weight is 387 g/mol. The van der Waals surface area contributed by atoms with Crippen LogP contribution in [0.25, 0.3) is 0 Å². The Morgan fingerprint density at radius 1 is 1.15 bits per heavy atom. The summed E-state index contributed by atoms with van der Waals surface area (Å²) in [5.74, 6) is 4.05. The molecule has 0 amide bonds. The summed E-state index contributed by atoms with van der Waals surface area (Å²) in [6, 6.07) is 9.55. The van der Waals surface area contributed by atoms with E-state index in [1.54, 1.807) is 7.11 Å². The van der Waals surface area contributed by atoms with E-state index < -0.39 is 0 Å². The van der Waals surface area contributed by atoms with Gasteiger partial charge < -0.3 is 4.74 Å². The van der Waals surface area contributed by atoms with Crippen molar-refractivity contribution in [1.82, 2.24) is 0 Å². The van der Waals surface area contributed by atoms with E-state index in [-0.39, 0.29) is 0 Å². The average Bonchev–Trinajstić information content (AvgIpc) is 2.48. The Balaban J connectivity index is 0.000000581. The van der Waals surface area contributed by atoms with Crippen molar-refractivity contribution in [2.75, 3.05) is 7.11 Å². The number of methoxy groups -OCH3 is 1. The van der Waals surface area contributed by atoms with E-state index in [2.05, 4.69) is 31.8 Å². The molecular formula is C17H21BrOZn. The number of halogens is 1. The molecule has 0 N–H and O–H groups in total. The zero-order chi connectivity index (χ0) is 14.2. The van der Waals surface area contributed by atoms with E-state index in [4.69, 9.17) is 4.74 Å². The maximum absolute atomic E-state index is 5.61. The van der Waals surface area contributed by atoms with Gasteiger partial charge in [0.05, 0.1) is 7.11 Å². The minimum absolute atomic E-state index is 0.428. The summed E-state index contributed by atoms with van der Waals surface area (Å²) >= 11 is 4.25. The molecule has 0 aliphatic heterocycles. The van der Waals surface area contributed by atoms with Crippen LogP contribution in [0.3, 0.4) is 0 Å². The first-order chi connectivity index (χ1) is 9.79. The van der Waals surface area contributed by atoms with Crippen molar-refractivity contribution in [3.63, 3.8) is 0 Å². The molecule has 4 fully saturated rings. The molecule has 4 aliphatic carbocycles. The summed E-state index contributed by atoms with van der Waals surface area (Å²) in [5.41, 5.74) is 1.88. The topological polar surface area (TPSA) is 9.23 Å². The molecule has 4 saturated carbocycles. The summed E-state index contributed by atoms with van der Waals surface area (Å²) < 4.78 is 5.61. The molecule has 5 rings (SSSR count). The van der Waals surface area contributed by atoms with Gasteiger partial charge >= 0.3 is 30.0 Å². The van der Waals surface area contributed by atoms with E-state index in [1.165, 1.54) is 60.4 Å². The van der Waals surface area contributed by atoms with E-state index in [0.29, 0.717) is 5.41 Å². The van der Waals surface area contributed by atoms with Gasteiger partial charge in [0.1, 0.15) is 0 Å². The number of benzene rings is 1. The van der Waals surface area contributed by atoms with Crippen molar-refractivity contribution >= 4 is 13.6 Å². The molecule has 0 unspecified atom stereocenters. The predicted octanol–water partition coefficient (Wildman–Crippen LogP) is 4.81. The number of hydrogen-bond donors (Lipinski definition) is 0. The molecule has 4 aliphatic rings. The van der Waals surface area contributed by atoms with Gasteiger partial charge in [-0.2, -0.15) is 18.2 Å². The monoisotopic (exact) mass is 384 g/mol. The van der Waals surface area contributed by atoms with E-state index in [0.717, 1.165) is 23.5 Å². The maximum atomic E-state index is 5.61. The van der Waals surface area contributed by atoms with Crippen molar-refractivity contribution in [1.29, 1.82) is 0 Å². The molecule has 0 aromatic heterocycles. The van der Waals surface area contributed by atoms with Crippen LogP contribution in [0.15, 0.2) is 18.2 Å². The van der Waals surface area contributed by atoms with Crippen LogP contribution in [-0.2, 0) is 21.8 Å². The van der Waals surface area contributed by atoms with Crippen molar-refractivity contribution in [3.05, 3.63) is 29.8 Å². The van der Waals surface area contributed by atoms with Gasteiger partial charge in [-0.1, -0.05) is 19.3 Å². The third-order valence-corrected chi connectivity index (χ3v) is 5.65. The number of rotatable bonds is 2. The van der Waals surface area contributed by atoms with E-state index in [9.17, 15) is 0 Å². The Bertz CT molecular complexity index is 439. The third kappa shape index (κ3) is 2.50. The Morgan fingerprint density at radius 2 is 1.70 bits per heavy atom. The van der Waals surface area contributed by atoms with Gasteiger partial charge in [0.25, 0.3) is 0 Å². The van der Waals surface area contributed by atoms with Crippen LogP contribution in [-0.4, -0.2) is 7.11 Å². The van der Waals surface area contributed by atoms with Gasteiger partial charge in [-0.25, -0.2) is 0 Å². The van der Waals surface area contributed by atoms with Crippen LogP contribution in [0.1, 0.15) is 44.1 Å². The van der Waals surface area contributed by atoms with Crippen LogP contribution >= 0.6 is 13.6 Å². The standard InChI is InChI=1S/C17H21O.BrH.Zn/c1-18-16-5-3-2-4-15(16)17-9-12-6-13(10-17)8-14(7-12)11-17;;/h3-5,12-14H,6-11H2,1H3;1H;/q-1;;+2/p-1. The van der Waals surface area contributed by atoms with Crippen LogP contribution in [0.4, 0.5) is 0 Å². The number of ether oxygens (including phenoxy) is 1. The quantitative estimate of drug-likeness (QED) is 0.524. The van der Waals surface area contributed by atoms with Gasteiger partial charge in [0.2, 0.25) is 0 Å². The summed E-state index contributed by atoms with van der Waals surface area (Å²) in [5, 5.41) is 0. The molecule has 1 aromatic carbocycles. The molecule has 20 heavy (non-hydrogen) atoms. The Morgan fingerprint density at radius 3 is 2.20 bits per heavy atom. The van der Waals surface area contributed by atoms with E-state index in [1.807, 2.05) is 6.07 Å². The SMILES string of the molecule is COc1cc[c-]cc1C12CC3CC(CC(C3)C1)C2.[Zn+][Br]. The number of hydrogen-bond acceptors (Lipinski definition) is 1. The molecule has 104 valence electrons. The second-order valence-corrected chi connectivity index (χ2v) is 6.82. The van der Waals surface area contributed by atoms with Crippen molar-refractivity contribution in [3.8, 4) is 5.75 Å². The fourth-order valence-electron chi connectivity index (χ4n) is 5.45. The van der Waals surface area contributed by atoms with Gasteiger partial charge in [-0.15, -0.1) is 11.6 Å². The second-order valence-electron chi connectivity index (χ2n) is 6.82. The fraction of sp³-hybridized carbons (Fsp3) is 0.647. The fourth-order valence-corrected chi connectivity index (χ4v) is 5.45. The van der Waals surface area contributed by atoms with Crippen LogP contribution in [0.2, 0.25) is 0 Å². The Kier molecular flexibility index (Phi) is 4.58. The first-order valence-electron chi connectivity index (χ1n) is 7.60. The molecule has 3 heteroatoms. The third-order valence-electron chi connectivity index (χ3n) is 5.65. The van der Waals surface area contributed by atoms with Gasteiger partial charge in [0, 0.05) is 5.75 Å². The molecule has 0 heterocycles. The summed E-state index contributed by atoms with van der Waals surface area (Å²) in [4.78, 5) is 0. The zero-order valence-electron chi connectivity index (χ0n) is 12.2. The molecular weight excluding hydrogens is 365 g/mol. The van der Waals surface area contributed by atoms with Crippen LogP contribution in [0.5, 0.6) is 5.75 Å². The first-order valence-corrected chi connectivity index (χ1v) is 14.6. The molecule has 1 aromatic rings. The molecule has 0 atom stereocenters. The minimum atomic E-state index is 0.428. The predicted molar refractivity (Wildman–Crippen MR) is 80.6 cm³/mol. The normalized spacial score (nSPS) is 37.3. The summed E-state index contributed by atoms with van der Waals surface area (Å²) in [6.45, 7) is 0. The molecule has 1 nitrogen and oxygen atoms in total. The van der Waals surface area contributed by atoms with Gasteiger partial charge in [-0.05, 0) is 42.4 Å². The molecule has 4 bridgehead atoms. The Labute approximate surface area is 138 Å². The van der Waals surface area contributed by atoms with Crippen molar-refractivity contribution in [2.24, 2.45) is 17.8 Å². The molecule has 0 radical (unpaired) electrons. The first kappa shape index (κ1) is 15.0. The van der Waals surface area contributed by atoms with Gasteiger partial charge in [0.15, 0.2) is 0 Å². The van der Waals surface area contributed by atoms with Crippen LogP contribution < -0.4 is 4.74 Å². The zero-order valence-corrected chi connectivity index (χ0v) is 16.8.